The number of carboxylic acid groups (broad SMARTS) is 1. The van der Waals surface area contributed by atoms with Crippen LogP contribution in [-0.2, 0) is 4.74 Å². The van der Waals surface area contributed by atoms with Crippen LogP contribution in [-0.4, -0.2) is 69.6 Å². The smallest absolute Gasteiger partial charge is 0.409 e. The van der Waals surface area contributed by atoms with Crippen LogP contribution >= 0.6 is 0 Å². The van der Waals surface area contributed by atoms with Gasteiger partial charge in [-0.2, -0.15) is 5.10 Å². The number of hydrogen-bond donors (Lipinski definition) is 1. The Morgan fingerprint density at radius 2 is 1.83 bits per heavy atom. The number of piperazine rings is 1. The molecule has 0 unspecified atom stereocenters. The first-order chi connectivity index (χ1) is 17.3. The third kappa shape index (κ3) is 4.59. The second-order valence-corrected chi connectivity index (χ2v) is 9.88. The molecule has 1 saturated carbocycles. The van der Waals surface area contributed by atoms with E-state index < -0.39 is 5.97 Å². The summed E-state index contributed by atoms with van der Waals surface area (Å²) in [6.45, 7) is 6.35. The quantitative estimate of drug-likeness (QED) is 0.540. The lowest BCUT2D eigenvalue weighted by molar-refractivity contribution is 0.0690. The minimum Gasteiger partial charge on any atom is -0.477 e. The lowest BCUT2D eigenvalue weighted by Crippen LogP contribution is -2.49. The van der Waals surface area contributed by atoms with Crippen molar-refractivity contribution < 1.29 is 23.8 Å². The Morgan fingerprint density at radius 3 is 2.42 bits per heavy atom. The van der Waals surface area contributed by atoms with Gasteiger partial charge in [-0.05, 0) is 49.1 Å². The lowest BCUT2D eigenvalue weighted by Gasteiger charge is -2.36. The molecule has 2 aromatic heterocycles. The zero-order valence-corrected chi connectivity index (χ0v) is 20.5. The molecule has 1 aromatic carbocycles. The summed E-state index contributed by atoms with van der Waals surface area (Å²) < 4.78 is 20.6. The number of benzene rings is 1. The van der Waals surface area contributed by atoms with Crippen LogP contribution in [0.2, 0.25) is 0 Å². The maximum absolute atomic E-state index is 13.6. The highest BCUT2D eigenvalue weighted by Gasteiger charge is 2.32. The van der Waals surface area contributed by atoms with Crippen molar-refractivity contribution in [3.8, 4) is 5.69 Å². The summed E-state index contributed by atoms with van der Waals surface area (Å²) in [6.07, 6.45) is 2.80. The molecule has 36 heavy (non-hydrogen) atoms. The van der Waals surface area contributed by atoms with E-state index in [2.05, 4.69) is 9.88 Å². The van der Waals surface area contributed by atoms with Crippen LogP contribution in [0, 0.1) is 11.7 Å². The Bertz CT molecular complexity index is 1280. The summed E-state index contributed by atoms with van der Waals surface area (Å²) in [7, 11) is 0. The number of halogens is 1. The molecule has 3 aromatic rings. The molecule has 1 aliphatic heterocycles. The predicted molar refractivity (Wildman–Crippen MR) is 132 cm³/mol. The average Bonchev–Trinajstić information content (AvgIpc) is 3.20. The predicted octanol–water partition coefficient (Wildman–Crippen LogP) is 4.44. The van der Waals surface area contributed by atoms with E-state index in [1.807, 2.05) is 13.8 Å². The van der Waals surface area contributed by atoms with Gasteiger partial charge in [0, 0.05) is 32.1 Å². The highest BCUT2D eigenvalue weighted by atomic mass is 19.1. The number of carbonyl (C=O) groups is 2. The highest BCUT2D eigenvalue weighted by Crippen LogP contribution is 2.42. The Labute approximate surface area is 208 Å². The molecule has 2 fully saturated rings. The van der Waals surface area contributed by atoms with Crippen LogP contribution in [0.5, 0.6) is 0 Å². The fraction of sp³-hybridized carbons (Fsp3) is 0.462. The van der Waals surface area contributed by atoms with E-state index in [0.717, 1.165) is 36.0 Å². The Hall–Kier alpha value is -3.69. The first-order valence-electron chi connectivity index (χ1n) is 12.4. The Kier molecular flexibility index (Phi) is 6.51. The van der Waals surface area contributed by atoms with Gasteiger partial charge in [-0.3, -0.25) is 0 Å². The van der Waals surface area contributed by atoms with Crippen molar-refractivity contribution in [2.75, 3.05) is 37.7 Å². The van der Waals surface area contributed by atoms with E-state index in [1.54, 1.807) is 27.8 Å². The largest absolute Gasteiger partial charge is 0.477 e. The molecule has 9 nitrogen and oxygen atoms in total. The van der Waals surface area contributed by atoms with E-state index in [4.69, 9.17) is 9.84 Å². The number of carbonyl (C=O) groups excluding carboxylic acids is 1. The number of carboxylic acids is 1. The van der Waals surface area contributed by atoms with E-state index in [1.165, 1.54) is 12.1 Å². The van der Waals surface area contributed by atoms with Gasteiger partial charge in [0.15, 0.2) is 11.3 Å². The van der Waals surface area contributed by atoms with Gasteiger partial charge in [0.2, 0.25) is 0 Å². The standard InChI is InChI=1S/C26H30FN5O4/c1-16(2)15-36-26(35)31-12-10-30(11-13-31)21-14-20(25(33)34)28-24-22(21)23(17-4-3-5-17)29-32(24)19-8-6-18(27)7-9-19/h6-9,14,16-17H,3-5,10-13,15H2,1-2H3,(H,33,34). The molecule has 0 radical (unpaired) electrons. The number of pyridine rings is 1. The number of ether oxygens (including phenoxy) is 1. The SMILES string of the molecule is CC(C)COC(=O)N1CCN(c2cc(C(=O)O)nc3c2c(C2CCC2)nn3-c2ccc(F)cc2)CC1. The molecule has 5 rings (SSSR count). The summed E-state index contributed by atoms with van der Waals surface area (Å²) in [4.78, 5) is 32.7. The van der Waals surface area contributed by atoms with Gasteiger partial charge in [-0.1, -0.05) is 20.3 Å². The number of amides is 1. The highest BCUT2D eigenvalue weighted by molar-refractivity contribution is 5.98. The minimum atomic E-state index is -1.13. The van der Waals surface area contributed by atoms with Crippen molar-refractivity contribution in [3.05, 3.63) is 47.5 Å². The van der Waals surface area contributed by atoms with E-state index in [-0.39, 0.29) is 29.4 Å². The molecular weight excluding hydrogens is 465 g/mol. The molecule has 0 bridgehead atoms. The van der Waals surface area contributed by atoms with Gasteiger partial charge in [-0.15, -0.1) is 0 Å². The molecule has 1 amide bonds. The van der Waals surface area contributed by atoms with E-state index in [0.29, 0.717) is 44.1 Å². The van der Waals surface area contributed by atoms with Gasteiger partial charge in [0.1, 0.15) is 5.82 Å². The van der Waals surface area contributed by atoms with E-state index >= 15 is 0 Å². The molecule has 190 valence electrons. The molecule has 0 atom stereocenters. The van der Waals surface area contributed by atoms with Gasteiger partial charge in [0.25, 0.3) is 0 Å². The van der Waals surface area contributed by atoms with Gasteiger partial charge >= 0.3 is 12.1 Å². The summed E-state index contributed by atoms with van der Waals surface area (Å²) in [6, 6.07) is 7.54. The van der Waals surface area contributed by atoms with Crippen molar-refractivity contribution in [1.29, 1.82) is 0 Å². The van der Waals surface area contributed by atoms with Crippen LogP contribution in [0.1, 0.15) is 55.2 Å². The Balaban J connectivity index is 1.54. The maximum atomic E-state index is 13.6. The fourth-order valence-corrected chi connectivity index (χ4v) is 4.67. The monoisotopic (exact) mass is 495 g/mol. The number of rotatable bonds is 6. The zero-order valence-electron chi connectivity index (χ0n) is 20.5. The third-order valence-corrected chi connectivity index (χ3v) is 6.84. The number of hydrogen-bond acceptors (Lipinski definition) is 6. The number of aromatic nitrogens is 3. The second-order valence-electron chi connectivity index (χ2n) is 9.88. The van der Waals surface area contributed by atoms with Crippen molar-refractivity contribution >= 4 is 28.8 Å². The lowest BCUT2D eigenvalue weighted by atomic mass is 9.82. The molecule has 1 aliphatic carbocycles. The van der Waals surface area contributed by atoms with Crippen LogP contribution < -0.4 is 4.90 Å². The molecule has 0 spiro atoms. The van der Waals surface area contributed by atoms with Crippen molar-refractivity contribution in [1.82, 2.24) is 19.7 Å². The summed E-state index contributed by atoms with van der Waals surface area (Å²) >= 11 is 0. The van der Waals surface area contributed by atoms with Crippen LogP contribution in [0.25, 0.3) is 16.7 Å². The van der Waals surface area contributed by atoms with Crippen molar-refractivity contribution in [2.24, 2.45) is 5.92 Å². The third-order valence-electron chi connectivity index (χ3n) is 6.84. The number of fused-ring (bicyclic) bond motifs is 1. The number of aromatic carboxylic acids is 1. The number of anilines is 1. The molecule has 2 aliphatic rings. The van der Waals surface area contributed by atoms with Crippen LogP contribution in [0.4, 0.5) is 14.9 Å². The normalized spacial score (nSPS) is 16.4. The fourth-order valence-electron chi connectivity index (χ4n) is 4.67. The summed E-state index contributed by atoms with van der Waals surface area (Å²) in [5.74, 6) is -0.972. The molecule has 3 heterocycles. The molecular formula is C26H30FN5O4. The van der Waals surface area contributed by atoms with Crippen molar-refractivity contribution in [2.45, 2.75) is 39.0 Å². The average molecular weight is 496 g/mol. The zero-order chi connectivity index (χ0) is 25.4. The van der Waals surface area contributed by atoms with Gasteiger partial charge in [-0.25, -0.2) is 23.6 Å². The second kappa shape index (κ2) is 9.75. The summed E-state index contributed by atoms with van der Waals surface area (Å²) in [5.41, 5.74) is 2.62. The number of nitrogens with zero attached hydrogens (tertiary/aromatic N) is 5. The first-order valence-corrected chi connectivity index (χ1v) is 12.4. The van der Waals surface area contributed by atoms with Crippen LogP contribution in [0.15, 0.2) is 30.3 Å². The first kappa shape index (κ1) is 24.0. The topological polar surface area (TPSA) is 101 Å². The van der Waals surface area contributed by atoms with E-state index in [9.17, 15) is 19.1 Å². The molecule has 1 N–H and O–H groups in total. The molecule has 10 heteroatoms. The van der Waals surface area contributed by atoms with Gasteiger partial charge in [0.05, 0.1) is 29.1 Å². The maximum Gasteiger partial charge on any atom is 0.409 e. The van der Waals surface area contributed by atoms with Crippen molar-refractivity contribution in [3.63, 3.8) is 0 Å². The minimum absolute atomic E-state index is 0.0836. The summed E-state index contributed by atoms with van der Waals surface area (Å²) in [5, 5.41) is 15.5. The van der Waals surface area contributed by atoms with Gasteiger partial charge < -0.3 is 19.6 Å². The molecule has 1 saturated heterocycles. The van der Waals surface area contributed by atoms with Crippen LogP contribution in [0.3, 0.4) is 0 Å². The Morgan fingerprint density at radius 1 is 1.14 bits per heavy atom.